The minimum atomic E-state index is -2.28. The van der Waals surface area contributed by atoms with Crippen molar-refractivity contribution in [3.63, 3.8) is 0 Å². The van der Waals surface area contributed by atoms with E-state index in [0.29, 0.717) is 6.54 Å². The molecular weight excluding hydrogens is 474 g/mol. The highest BCUT2D eigenvalue weighted by Crippen LogP contribution is 2.47. The van der Waals surface area contributed by atoms with Crippen LogP contribution in [0.25, 0.3) is 0 Å². The zero-order chi connectivity index (χ0) is 25.7. The van der Waals surface area contributed by atoms with Gasteiger partial charge in [0.25, 0.3) is 0 Å². The van der Waals surface area contributed by atoms with Gasteiger partial charge in [-0.2, -0.15) is 4.31 Å². The Morgan fingerprint density at radius 3 is 2.26 bits per heavy atom. The molecule has 0 spiro atoms. The number of nitrogens with zero attached hydrogens (tertiary/aromatic N) is 3. The van der Waals surface area contributed by atoms with E-state index in [1.165, 1.54) is 21.1 Å². The van der Waals surface area contributed by atoms with Gasteiger partial charge in [-0.3, -0.25) is 14.1 Å². The van der Waals surface area contributed by atoms with Crippen LogP contribution >= 0.6 is 11.8 Å². The molecule has 11 heteroatoms. The van der Waals surface area contributed by atoms with Gasteiger partial charge in [0.15, 0.2) is 10.0 Å². The van der Waals surface area contributed by atoms with Crippen LogP contribution in [0.1, 0.15) is 54.0 Å². The Balaban J connectivity index is 2.59. The summed E-state index contributed by atoms with van der Waals surface area (Å²) in [6.45, 7) is 14.3. The van der Waals surface area contributed by atoms with Crippen LogP contribution in [0.2, 0.25) is 0 Å². The highest BCUT2D eigenvalue weighted by molar-refractivity contribution is 8.14. The van der Waals surface area contributed by atoms with Gasteiger partial charge in [0.05, 0.1) is 6.54 Å². The molecule has 9 nitrogen and oxygen atoms in total. The third kappa shape index (κ3) is 6.88. The number of rotatable bonds is 8. The van der Waals surface area contributed by atoms with Crippen LogP contribution < -0.4 is 10.6 Å². The Kier molecular flexibility index (Phi) is 9.45. The summed E-state index contributed by atoms with van der Waals surface area (Å²) in [5.74, 6) is -0.500. The summed E-state index contributed by atoms with van der Waals surface area (Å²) in [6, 6.07) is 9.29. The third-order valence-corrected chi connectivity index (χ3v) is 7.16. The standard InChI is InChI=1S/C23H37N5O4S2/c1-8-24-14-15-27(34(31)32)16-23(17-12-10-9-11-13-17)28(19(30)22(5,6)7)26-20(33-23)25-18(29)21(2,3)4/h9-13,24H,8,14-16H2,1-7H3,(H,31,32)(H,25,26,29)/t23-/m0/s1. The fourth-order valence-corrected chi connectivity index (χ4v) is 5.06. The fourth-order valence-electron chi connectivity index (χ4n) is 3.16. The molecule has 0 fully saturated rings. The molecule has 2 rings (SSSR count). The smallest absolute Gasteiger partial charge is 0.249 e. The van der Waals surface area contributed by atoms with Gasteiger partial charge < -0.3 is 10.6 Å². The highest BCUT2D eigenvalue weighted by Gasteiger charge is 2.52. The van der Waals surface area contributed by atoms with Gasteiger partial charge in [0, 0.05) is 23.9 Å². The van der Waals surface area contributed by atoms with Crippen LogP contribution in [-0.4, -0.2) is 61.2 Å². The number of amidine groups is 1. The van der Waals surface area contributed by atoms with Crippen molar-refractivity contribution in [2.24, 2.45) is 15.9 Å². The molecule has 0 bridgehead atoms. The Bertz CT molecular complexity index is 928. The molecule has 1 aromatic rings. The van der Waals surface area contributed by atoms with Crippen molar-refractivity contribution in [1.29, 1.82) is 0 Å². The molecular formula is C23H37N5O4S2. The van der Waals surface area contributed by atoms with Gasteiger partial charge in [-0.1, -0.05) is 78.8 Å². The van der Waals surface area contributed by atoms with E-state index < -0.39 is 27.0 Å². The number of hydrogen-bond acceptors (Lipinski definition) is 6. The van der Waals surface area contributed by atoms with E-state index in [0.717, 1.165) is 12.1 Å². The fraction of sp³-hybridized carbons (Fsp3) is 0.609. The molecule has 1 aliphatic heterocycles. The maximum absolute atomic E-state index is 13.6. The molecule has 34 heavy (non-hydrogen) atoms. The normalized spacial score (nSPS) is 19.8. The van der Waals surface area contributed by atoms with E-state index >= 15 is 0 Å². The molecule has 190 valence electrons. The molecule has 1 heterocycles. The SMILES string of the molecule is CCNCCN(C[C@@]1(c2ccccc2)SC(NC(=O)C(C)(C)C)=NN1C(=O)C(C)(C)C)S(=O)O. The average Bonchev–Trinajstić information content (AvgIpc) is 3.10. The first-order valence-electron chi connectivity index (χ1n) is 11.3. The van der Waals surface area contributed by atoms with E-state index in [2.05, 4.69) is 15.7 Å². The lowest BCUT2D eigenvalue weighted by molar-refractivity contribution is -0.143. The molecule has 1 unspecified atom stereocenters. The van der Waals surface area contributed by atoms with Gasteiger partial charge in [-0.15, -0.1) is 5.10 Å². The van der Waals surface area contributed by atoms with E-state index in [1.807, 2.05) is 37.3 Å². The Labute approximate surface area is 209 Å². The molecule has 3 N–H and O–H groups in total. The molecule has 2 atom stereocenters. The Morgan fingerprint density at radius 1 is 1.15 bits per heavy atom. The molecule has 1 aromatic carbocycles. The van der Waals surface area contributed by atoms with Crippen molar-refractivity contribution < 1.29 is 18.4 Å². The number of thioether (sulfide) groups is 1. The number of carbonyl (C=O) groups is 2. The number of carbonyl (C=O) groups excluding carboxylic acids is 2. The van der Waals surface area contributed by atoms with Gasteiger partial charge in [0.1, 0.15) is 0 Å². The first-order valence-corrected chi connectivity index (χ1v) is 13.2. The Hall–Kier alpha value is -1.79. The summed E-state index contributed by atoms with van der Waals surface area (Å²) in [5, 5.41) is 12.2. The summed E-state index contributed by atoms with van der Waals surface area (Å²) >= 11 is -1.08. The predicted octanol–water partition coefficient (Wildman–Crippen LogP) is 2.94. The molecule has 2 amide bonds. The maximum atomic E-state index is 13.6. The van der Waals surface area contributed by atoms with Crippen molar-refractivity contribution in [1.82, 2.24) is 19.9 Å². The zero-order valence-electron chi connectivity index (χ0n) is 21.0. The van der Waals surface area contributed by atoms with Crippen molar-refractivity contribution in [2.45, 2.75) is 53.3 Å². The lowest BCUT2D eigenvalue weighted by Gasteiger charge is -2.40. The molecule has 0 aliphatic carbocycles. The number of hydrazone groups is 1. The van der Waals surface area contributed by atoms with Crippen LogP contribution in [0.3, 0.4) is 0 Å². The zero-order valence-corrected chi connectivity index (χ0v) is 22.7. The summed E-state index contributed by atoms with van der Waals surface area (Å²) in [7, 11) is 0. The summed E-state index contributed by atoms with van der Waals surface area (Å²) in [4.78, 5) is 25.2. The summed E-state index contributed by atoms with van der Waals surface area (Å²) < 4.78 is 23.8. The maximum Gasteiger partial charge on any atom is 0.249 e. The second-order valence-electron chi connectivity index (χ2n) is 10.2. The van der Waals surface area contributed by atoms with Gasteiger partial charge in [-0.05, 0) is 23.9 Å². The van der Waals surface area contributed by atoms with E-state index in [9.17, 15) is 18.4 Å². The monoisotopic (exact) mass is 511 g/mol. The molecule has 0 saturated heterocycles. The van der Waals surface area contributed by atoms with E-state index in [4.69, 9.17) is 0 Å². The van der Waals surface area contributed by atoms with Crippen molar-refractivity contribution in [3.05, 3.63) is 35.9 Å². The van der Waals surface area contributed by atoms with Crippen molar-refractivity contribution in [2.75, 3.05) is 26.2 Å². The lowest BCUT2D eigenvalue weighted by Crippen LogP contribution is -2.53. The van der Waals surface area contributed by atoms with Gasteiger partial charge in [-0.25, -0.2) is 9.22 Å². The van der Waals surface area contributed by atoms with Gasteiger partial charge in [0.2, 0.25) is 23.1 Å². The third-order valence-electron chi connectivity index (χ3n) is 5.16. The second-order valence-corrected chi connectivity index (χ2v) is 12.4. The topological polar surface area (TPSA) is 114 Å². The van der Waals surface area contributed by atoms with Crippen molar-refractivity contribution >= 4 is 40.0 Å². The molecule has 1 aliphatic rings. The average molecular weight is 512 g/mol. The summed E-state index contributed by atoms with van der Waals surface area (Å²) in [6.07, 6.45) is 0. The van der Waals surface area contributed by atoms with E-state index in [-0.39, 0.29) is 30.1 Å². The Morgan fingerprint density at radius 2 is 1.76 bits per heavy atom. The first kappa shape index (κ1) is 28.4. The minimum Gasteiger partial charge on any atom is -0.316 e. The molecule has 0 radical (unpaired) electrons. The largest absolute Gasteiger partial charge is 0.316 e. The highest BCUT2D eigenvalue weighted by atomic mass is 32.2. The number of hydrogen-bond donors (Lipinski definition) is 3. The molecule has 0 aromatic heterocycles. The lowest BCUT2D eigenvalue weighted by atomic mass is 9.93. The number of amides is 2. The van der Waals surface area contributed by atoms with Crippen LogP contribution in [0.5, 0.6) is 0 Å². The van der Waals surface area contributed by atoms with Gasteiger partial charge >= 0.3 is 0 Å². The number of likely N-dealkylation sites (N-methyl/N-ethyl adjacent to an activating group) is 1. The van der Waals surface area contributed by atoms with Crippen LogP contribution in [0.4, 0.5) is 0 Å². The predicted molar refractivity (Wildman–Crippen MR) is 138 cm³/mol. The van der Waals surface area contributed by atoms with Crippen LogP contribution in [0, 0.1) is 10.8 Å². The van der Waals surface area contributed by atoms with Crippen LogP contribution in [0.15, 0.2) is 35.4 Å². The number of nitrogens with one attached hydrogen (secondary N) is 2. The van der Waals surface area contributed by atoms with E-state index in [1.54, 1.807) is 41.5 Å². The first-order chi connectivity index (χ1) is 15.7. The minimum absolute atomic E-state index is 0.0242. The molecule has 0 saturated carbocycles. The van der Waals surface area contributed by atoms with Crippen LogP contribution in [-0.2, 0) is 25.7 Å². The van der Waals surface area contributed by atoms with Crippen molar-refractivity contribution in [3.8, 4) is 0 Å². The summed E-state index contributed by atoms with van der Waals surface area (Å²) in [5.41, 5.74) is -0.703. The second kappa shape index (κ2) is 11.3. The number of benzene rings is 1. The quantitative estimate of drug-likeness (QED) is 0.365.